The summed E-state index contributed by atoms with van der Waals surface area (Å²) in [6, 6.07) is 8.74. The summed E-state index contributed by atoms with van der Waals surface area (Å²) in [7, 11) is 1.51. The number of methoxy groups -OCH3 is 1. The number of rotatable bonds is 3. The summed E-state index contributed by atoms with van der Waals surface area (Å²) >= 11 is 9.18. The Labute approximate surface area is 123 Å². The van der Waals surface area contributed by atoms with Crippen LogP contribution in [0.25, 0.3) is 0 Å². The quantitative estimate of drug-likeness (QED) is 0.768. The summed E-state index contributed by atoms with van der Waals surface area (Å²) in [5, 5.41) is 0.268. The molecule has 0 bridgehead atoms. The molecule has 0 spiro atoms. The molecule has 2 nitrogen and oxygen atoms in total. The van der Waals surface area contributed by atoms with Crippen molar-refractivity contribution in [2.24, 2.45) is 0 Å². The fourth-order valence-electron chi connectivity index (χ4n) is 1.65. The molecule has 0 atom stereocenters. The lowest BCUT2D eigenvalue weighted by atomic mass is 10.0. The summed E-state index contributed by atoms with van der Waals surface area (Å²) in [5.41, 5.74) is 0.541. The van der Waals surface area contributed by atoms with E-state index in [4.69, 9.17) is 16.3 Å². The zero-order valence-electron chi connectivity index (χ0n) is 9.91. The van der Waals surface area contributed by atoms with E-state index >= 15 is 0 Å². The number of benzene rings is 2. The average molecular weight is 344 g/mol. The molecule has 2 aromatic carbocycles. The first-order valence-electron chi connectivity index (χ1n) is 5.35. The van der Waals surface area contributed by atoms with Gasteiger partial charge in [-0.15, -0.1) is 0 Å². The standard InChI is InChI=1S/C14H9BrClFO2/c1-19-11-2-3-12(13(16)7-11)14(18)8-4-9(15)6-10(17)5-8/h2-7H,1H3. The molecule has 0 saturated carbocycles. The van der Waals surface area contributed by atoms with Gasteiger partial charge in [0.05, 0.1) is 12.1 Å². The lowest BCUT2D eigenvalue weighted by molar-refractivity contribution is 0.103. The molecule has 0 N–H and O–H groups in total. The van der Waals surface area contributed by atoms with Gasteiger partial charge in [-0.2, -0.15) is 0 Å². The predicted molar refractivity (Wildman–Crippen MR) is 75.5 cm³/mol. The van der Waals surface area contributed by atoms with Crippen LogP contribution in [-0.4, -0.2) is 12.9 Å². The highest BCUT2D eigenvalue weighted by atomic mass is 79.9. The van der Waals surface area contributed by atoms with E-state index in [-0.39, 0.29) is 16.4 Å². The van der Waals surface area contributed by atoms with Crippen molar-refractivity contribution in [1.29, 1.82) is 0 Å². The van der Waals surface area contributed by atoms with Crippen LogP contribution in [0.5, 0.6) is 5.75 Å². The Balaban J connectivity index is 2.44. The van der Waals surface area contributed by atoms with Crippen molar-refractivity contribution in [3.63, 3.8) is 0 Å². The molecule has 0 radical (unpaired) electrons. The molecule has 0 amide bonds. The van der Waals surface area contributed by atoms with Crippen LogP contribution < -0.4 is 4.74 Å². The Morgan fingerprint density at radius 2 is 2.00 bits per heavy atom. The summed E-state index contributed by atoms with van der Waals surface area (Å²) in [5.74, 6) is -0.266. The van der Waals surface area contributed by atoms with Crippen LogP contribution in [0.2, 0.25) is 5.02 Å². The van der Waals surface area contributed by atoms with Crippen molar-refractivity contribution in [1.82, 2.24) is 0 Å². The van der Waals surface area contributed by atoms with Crippen LogP contribution in [0.15, 0.2) is 40.9 Å². The molecule has 0 unspecified atom stereocenters. The largest absolute Gasteiger partial charge is 0.497 e. The molecule has 0 fully saturated rings. The second-order valence-electron chi connectivity index (χ2n) is 3.83. The minimum atomic E-state index is -0.484. The lowest BCUT2D eigenvalue weighted by Crippen LogP contribution is -2.03. The third-order valence-corrected chi connectivity index (χ3v) is 3.32. The van der Waals surface area contributed by atoms with Gasteiger partial charge >= 0.3 is 0 Å². The molecule has 0 heterocycles. The van der Waals surface area contributed by atoms with Crippen molar-refractivity contribution in [3.8, 4) is 5.75 Å². The molecule has 19 heavy (non-hydrogen) atoms. The Hall–Kier alpha value is -1.39. The van der Waals surface area contributed by atoms with Crippen LogP contribution in [0.1, 0.15) is 15.9 Å². The van der Waals surface area contributed by atoms with Crippen LogP contribution >= 0.6 is 27.5 Å². The van der Waals surface area contributed by atoms with Gasteiger partial charge in [-0.3, -0.25) is 4.79 Å². The summed E-state index contributed by atoms with van der Waals surface area (Å²) < 4.78 is 18.8. The van der Waals surface area contributed by atoms with E-state index in [0.29, 0.717) is 15.8 Å². The van der Waals surface area contributed by atoms with Gasteiger partial charge in [0.1, 0.15) is 11.6 Å². The van der Waals surface area contributed by atoms with E-state index in [1.54, 1.807) is 24.3 Å². The molecule has 0 aliphatic heterocycles. The summed E-state index contributed by atoms with van der Waals surface area (Å²) in [4.78, 5) is 12.3. The third kappa shape index (κ3) is 3.14. The van der Waals surface area contributed by atoms with E-state index in [1.165, 1.54) is 19.2 Å². The zero-order chi connectivity index (χ0) is 14.0. The highest BCUT2D eigenvalue weighted by Gasteiger charge is 2.15. The zero-order valence-corrected chi connectivity index (χ0v) is 12.3. The minimum Gasteiger partial charge on any atom is -0.497 e. The summed E-state index contributed by atoms with van der Waals surface area (Å²) in [6.07, 6.45) is 0. The number of carbonyl (C=O) groups is 1. The topological polar surface area (TPSA) is 26.3 Å². The maximum Gasteiger partial charge on any atom is 0.194 e. The second-order valence-corrected chi connectivity index (χ2v) is 5.16. The van der Waals surface area contributed by atoms with E-state index in [0.717, 1.165) is 0 Å². The van der Waals surface area contributed by atoms with E-state index in [1.807, 2.05) is 0 Å². The molecular formula is C14H9BrClFO2. The molecule has 0 aliphatic rings. The predicted octanol–water partition coefficient (Wildman–Crippen LogP) is 4.48. The summed E-state index contributed by atoms with van der Waals surface area (Å²) in [6.45, 7) is 0. The number of hydrogen-bond acceptors (Lipinski definition) is 2. The monoisotopic (exact) mass is 342 g/mol. The Morgan fingerprint density at radius 3 is 2.58 bits per heavy atom. The maximum absolute atomic E-state index is 13.3. The van der Waals surface area contributed by atoms with Gasteiger partial charge in [-0.05, 0) is 36.4 Å². The minimum absolute atomic E-state index is 0.235. The highest BCUT2D eigenvalue weighted by molar-refractivity contribution is 9.10. The SMILES string of the molecule is COc1ccc(C(=O)c2cc(F)cc(Br)c2)c(Cl)c1. The second kappa shape index (κ2) is 5.72. The smallest absolute Gasteiger partial charge is 0.194 e. The molecule has 2 aromatic rings. The van der Waals surface area contributed by atoms with Gasteiger partial charge < -0.3 is 4.74 Å². The number of halogens is 3. The lowest BCUT2D eigenvalue weighted by Gasteiger charge is -2.06. The molecular weight excluding hydrogens is 335 g/mol. The van der Waals surface area contributed by atoms with Gasteiger partial charge in [0.25, 0.3) is 0 Å². The number of hydrogen-bond donors (Lipinski definition) is 0. The fraction of sp³-hybridized carbons (Fsp3) is 0.0714. The Morgan fingerprint density at radius 1 is 1.26 bits per heavy atom. The molecule has 0 saturated heterocycles. The molecule has 5 heteroatoms. The van der Waals surface area contributed by atoms with Gasteiger partial charge in [-0.25, -0.2) is 4.39 Å². The molecule has 0 aliphatic carbocycles. The number of ketones is 1. The van der Waals surface area contributed by atoms with Gasteiger partial charge in [-0.1, -0.05) is 27.5 Å². The number of carbonyl (C=O) groups excluding carboxylic acids is 1. The number of ether oxygens (including phenoxy) is 1. The van der Waals surface area contributed by atoms with Crippen LogP contribution in [-0.2, 0) is 0 Å². The highest BCUT2D eigenvalue weighted by Crippen LogP contribution is 2.26. The van der Waals surface area contributed by atoms with Crippen molar-refractivity contribution in [2.75, 3.05) is 7.11 Å². The third-order valence-electron chi connectivity index (χ3n) is 2.55. The molecule has 2 rings (SSSR count). The van der Waals surface area contributed by atoms with Gasteiger partial charge in [0.2, 0.25) is 0 Å². The first kappa shape index (κ1) is 14.0. The normalized spacial score (nSPS) is 10.3. The van der Waals surface area contributed by atoms with Crippen molar-refractivity contribution in [2.45, 2.75) is 0 Å². The van der Waals surface area contributed by atoms with E-state index in [9.17, 15) is 9.18 Å². The van der Waals surface area contributed by atoms with Crippen molar-refractivity contribution < 1.29 is 13.9 Å². The Bertz CT molecular complexity index is 623. The maximum atomic E-state index is 13.3. The van der Waals surface area contributed by atoms with Crippen molar-refractivity contribution in [3.05, 3.63) is 62.8 Å². The molecule has 0 aromatic heterocycles. The fourth-order valence-corrected chi connectivity index (χ4v) is 2.37. The van der Waals surface area contributed by atoms with E-state index in [2.05, 4.69) is 15.9 Å². The average Bonchev–Trinajstić information content (AvgIpc) is 2.36. The first-order chi connectivity index (χ1) is 9.01. The first-order valence-corrected chi connectivity index (χ1v) is 6.52. The van der Waals surface area contributed by atoms with Crippen LogP contribution in [0.4, 0.5) is 4.39 Å². The molecule has 98 valence electrons. The van der Waals surface area contributed by atoms with Crippen LogP contribution in [0.3, 0.4) is 0 Å². The van der Waals surface area contributed by atoms with Crippen molar-refractivity contribution >= 4 is 33.3 Å². The Kier molecular flexibility index (Phi) is 4.22. The van der Waals surface area contributed by atoms with E-state index < -0.39 is 5.82 Å². The van der Waals surface area contributed by atoms with Gasteiger partial charge in [0, 0.05) is 15.6 Å². The van der Waals surface area contributed by atoms with Gasteiger partial charge in [0.15, 0.2) is 5.78 Å². The van der Waals surface area contributed by atoms with Crippen LogP contribution in [0, 0.1) is 5.82 Å².